The molecule has 134 valence electrons. The largest absolute Gasteiger partial charge is 0.357 e. The van der Waals surface area contributed by atoms with E-state index in [2.05, 4.69) is 15.6 Å². The number of nitrogens with two attached hydrogens (primary N) is 1. The third-order valence-electron chi connectivity index (χ3n) is 3.05. The van der Waals surface area contributed by atoms with Crippen molar-refractivity contribution < 1.29 is 13.2 Å². The number of sulfonamides is 1. The van der Waals surface area contributed by atoms with Crippen LogP contribution in [0.25, 0.3) is 0 Å². The molecule has 0 saturated heterocycles. The quantitative estimate of drug-likeness (QED) is 0.460. The van der Waals surface area contributed by atoms with Gasteiger partial charge in [0.05, 0.1) is 12.3 Å². The van der Waals surface area contributed by atoms with Crippen LogP contribution in [0.5, 0.6) is 0 Å². The molecule has 0 saturated carbocycles. The molecule has 0 bridgehead atoms. The molecule has 0 fully saturated rings. The molecule has 1 aromatic rings. The molecular formula is C15H25N5O3S. The van der Waals surface area contributed by atoms with Crippen LogP contribution in [0.1, 0.15) is 22.8 Å². The summed E-state index contributed by atoms with van der Waals surface area (Å²) < 4.78 is 21.9. The average molecular weight is 355 g/mol. The van der Waals surface area contributed by atoms with Gasteiger partial charge in [0.1, 0.15) is 0 Å². The molecule has 4 N–H and O–H groups in total. The van der Waals surface area contributed by atoms with Crippen molar-refractivity contribution in [3.63, 3.8) is 0 Å². The predicted octanol–water partition coefficient (Wildman–Crippen LogP) is -0.268. The summed E-state index contributed by atoms with van der Waals surface area (Å²) in [7, 11) is -0.0934. The van der Waals surface area contributed by atoms with Crippen LogP contribution in [-0.2, 0) is 16.6 Å². The van der Waals surface area contributed by atoms with Crippen molar-refractivity contribution in [1.82, 2.24) is 15.5 Å². The smallest absolute Gasteiger partial charge is 0.253 e. The maximum absolute atomic E-state index is 11.8. The molecule has 24 heavy (non-hydrogen) atoms. The third-order valence-corrected chi connectivity index (χ3v) is 3.82. The van der Waals surface area contributed by atoms with Crippen LogP contribution in [0, 0.1) is 0 Å². The van der Waals surface area contributed by atoms with Crippen molar-refractivity contribution in [1.29, 1.82) is 0 Å². The summed E-state index contributed by atoms with van der Waals surface area (Å²) in [5.74, 6) is 0.288. The van der Waals surface area contributed by atoms with Crippen LogP contribution in [0.15, 0.2) is 29.3 Å². The van der Waals surface area contributed by atoms with Gasteiger partial charge in [0.2, 0.25) is 10.0 Å². The summed E-state index contributed by atoms with van der Waals surface area (Å²) in [5, 5.41) is 10.9. The van der Waals surface area contributed by atoms with Gasteiger partial charge in [-0.1, -0.05) is 12.1 Å². The van der Waals surface area contributed by atoms with E-state index >= 15 is 0 Å². The van der Waals surface area contributed by atoms with Gasteiger partial charge in [-0.15, -0.1) is 0 Å². The Morgan fingerprint density at radius 2 is 1.83 bits per heavy atom. The van der Waals surface area contributed by atoms with Crippen LogP contribution in [0.2, 0.25) is 0 Å². The number of guanidine groups is 1. The first-order valence-electron chi connectivity index (χ1n) is 7.56. The first kappa shape index (κ1) is 19.9. The molecule has 8 nitrogen and oxygen atoms in total. The Morgan fingerprint density at radius 1 is 1.21 bits per heavy atom. The molecule has 1 rings (SSSR count). The number of primary sulfonamides is 1. The number of nitrogens with one attached hydrogen (secondary N) is 2. The van der Waals surface area contributed by atoms with E-state index in [-0.39, 0.29) is 18.2 Å². The van der Waals surface area contributed by atoms with E-state index in [1.165, 1.54) is 4.90 Å². The molecule has 0 spiro atoms. The van der Waals surface area contributed by atoms with Gasteiger partial charge in [0.15, 0.2) is 5.96 Å². The number of amides is 1. The summed E-state index contributed by atoms with van der Waals surface area (Å²) in [6, 6.07) is 7.20. The van der Waals surface area contributed by atoms with E-state index in [9.17, 15) is 13.2 Å². The zero-order valence-corrected chi connectivity index (χ0v) is 15.1. The molecular weight excluding hydrogens is 330 g/mol. The fourth-order valence-electron chi connectivity index (χ4n) is 1.83. The fourth-order valence-corrected chi connectivity index (χ4v) is 2.22. The summed E-state index contributed by atoms with van der Waals surface area (Å²) in [4.78, 5) is 17.7. The topological polar surface area (TPSA) is 117 Å². The first-order chi connectivity index (χ1) is 11.2. The lowest BCUT2D eigenvalue weighted by atomic mass is 10.1. The van der Waals surface area contributed by atoms with Crippen molar-refractivity contribution >= 4 is 21.9 Å². The van der Waals surface area contributed by atoms with Gasteiger partial charge in [-0.25, -0.2) is 18.5 Å². The maximum Gasteiger partial charge on any atom is 0.253 e. The second-order valence-electron chi connectivity index (χ2n) is 5.39. The van der Waals surface area contributed by atoms with Gasteiger partial charge in [0.25, 0.3) is 5.91 Å². The highest BCUT2D eigenvalue weighted by atomic mass is 32.2. The molecule has 1 aromatic carbocycles. The summed E-state index contributed by atoms with van der Waals surface area (Å²) in [6.45, 7) is 3.15. The van der Waals surface area contributed by atoms with Gasteiger partial charge >= 0.3 is 0 Å². The Labute approximate surface area is 143 Å². The lowest BCUT2D eigenvalue weighted by Crippen LogP contribution is -2.40. The number of nitrogens with zero attached hydrogens (tertiary/aromatic N) is 2. The van der Waals surface area contributed by atoms with E-state index < -0.39 is 10.0 Å². The second-order valence-corrected chi connectivity index (χ2v) is 7.12. The van der Waals surface area contributed by atoms with Gasteiger partial charge < -0.3 is 15.5 Å². The van der Waals surface area contributed by atoms with E-state index in [1.807, 2.05) is 19.1 Å². The highest BCUT2D eigenvalue weighted by Crippen LogP contribution is 2.07. The molecule has 9 heteroatoms. The molecule has 1 amide bonds. The summed E-state index contributed by atoms with van der Waals surface area (Å²) in [6.07, 6.45) is 0. The molecule has 0 aliphatic heterocycles. The number of hydrogen-bond donors (Lipinski definition) is 3. The molecule has 0 radical (unpaired) electrons. The van der Waals surface area contributed by atoms with Crippen LogP contribution in [-0.4, -0.2) is 58.1 Å². The van der Waals surface area contributed by atoms with Crippen molar-refractivity contribution in [3.05, 3.63) is 35.4 Å². The minimum Gasteiger partial charge on any atom is -0.357 e. The molecule has 0 atom stereocenters. The third kappa shape index (κ3) is 7.42. The molecule has 0 aliphatic rings. The summed E-state index contributed by atoms with van der Waals surface area (Å²) >= 11 is 0. The van der Waals surface area contributed by atoms with Crippen molar-refractivity contribution in [2.45, 2.75) is 13.5 Å². The number of aliphatic imine (C=N–C) groups is 1. The van der Waals surface area contributed by atoms with Gasteiger partial charge in [-0.05, 0) is 24.6 Å². The molecule has 0 unspecified atom stereocenters. The Morgan fingerprint density at radius 3 is 2.33 bits per heavy atom. The van der Waals surface area contributed by atoms with Crippen molar-refractivity contribution in [2.75, 3.05) is 32.9 Å². The first-order valence-corrected chi connectivity index (χ1v) is 9.27. The number of carbonyl (C=O) groups excluding carboxylic acids is 1. The Kier molecular flexibility index (Phi) is 7.66. The van der Waals surface area contributed by atoms with Crippen molar-refractivity contribution in [2.24, 2.45) is 10.1 Å². The SMILES string of the molecule is CCNC(=NCc1ccc(C(=O)N(C)C)cc1)NCCS(N)(=O)=O. The maximum atomic E-state index is 11.8. The zero-order chi connectivity index (χ0) is 18.2. The van der Waals surface area contributed by atoms with E-state index in [0.717, 1.165) is 5.56 Å². The average Bonchev–Trinajstić information content (AvgIpc) is 2.51. The number of carbonyl (C=O) groups is 1. The van der Waals surface area contributed by atoms with E-state index in [0.29, 0.717) is 24.6 Å². The molecule has 0 heterocycles. The second kappa shape index (κ2) is 9.24. The zero-order valence-electron chi connectivity index (χ0n) is 14.2. The van der Waals surface area contributed by atoms with Gasteiger partial charge in [0, 0.05) is 32.7 Å². The Balaban J connectivity index is 2.67. The van der Waals surface area contributed by atoms with Crippen molar-refractivity contribution in [3.8, 4) is 0 Å². The highest BCUT2D eigenvalue weighted by molar-refractivity contribution is 7.89. The normalized spacial score (nSPS) is 11.9. The number of benzene rings is 1. The van der Waals surface area contributed by atoms with E-state index in [1.54, 1.807) is 26.2 Å². The van der Waals surface area contributed by atoms with E-state index in [4.69, 9.17) is 5.14 Å². The molecule has 0 aromatic heterocycles. The Bertz CT molecular complexity index is 669. The predicted molar refractivity (Wildman–Crippen MR) is 95.3 cm³/mol. The summed E-state index contributed by atoms with van der Waals surface area (Å²) in [5.41, 5.74) is 1.56. The molecule has 0 aliphatic carbocycles. The number of rotatable bonds is 7. The lowest BCUT2D eigenvalue weighted by molar-refractivity contribution is 0.0827. The fraction of sp³-hybridized carbons (Fsp3) is 0.467. The highest BCUT2D eigenvalue weighted by Gasteiger charge is 2.07. The van der Waals surface area contributed by atoms with Gasteiger partial charge in [-0.3, -0.25) is 4.79 Å². The van der Waals surface area contributed by atoms with Crippen LogP contribution in [0.3, 0.4) is 0 Å². The number of hydrogen-bond acceptors (Lipinski definition) is 4. The minimum absolute atomic E-state index is 0.0527. The van der Waals surface area contributed by atoms with Crippen LogP contribution >= 0.6 is 0 Å². The Hall–Kier alpha value is -2.13. The van der Waals surface area contributed by atoms with Crippen LogP contribution < -0.4 is 15.8 Å². The lowest BCUT2D eigenvalue weighted by Gasteiger charge is -2.11. The monoisotopic (exact) mass is 355 g/mol. The minimum atomic E-state index is -3.50. The van der Waals surface area contributed by atoms with Crippen LogP contribution in [0.4, 0.5) is 0 Å². The van der Waals surface area contributed by atoms with Gasteiger partial charge in [-0.2, -0.15) is 0 Å². The standard InChI is InChI=1S/C15H25N5O3S/c1-4-17-15(18-9-10-24(16,22)23)19-11-12-5-7-13(8-6-12)14(21)20(2)3/h5-8H,4,9-11H2,1-3H3,(H2,16,22,23)(H2,17,18,19).